The maximum absolute atomic E-state index is 13.8. The van der Waals surface area contributed by atoms with E-state index >= 15 is 0 Å². The van der Waals surface area contributed by atoms with Crippen LogP contribution in [-0.2, 0) is 11.3 Å². The number of piperazine rings is 1. The third kappa shape index (κ3) is 4.83. The van der Waals surface area contributed by atoms with Gasteiger partial charge in [-0.25, -0.2) is 9.37 Å². The minimum absolute atomic E-state index is 0.224. The van der Waals surface area contributed by atoms with Crippen LogP contribution < -0.4 is 15.4 Å². The lowest BCUT2D eigenvalue weighted by Crippen LogP contribution is -2.47. The lowest BCUT2D eigenvalue weighted by Gasteiger charge is -2.37. The number of carbonyl (C=O) groups is 1. The van der Waals surface area contributed by atoms with Crippen molar-refractivity contribution in [3.63, 3.8) is 0 Å². The minimum Gasteiger partial charge on any atom is -0.467 e. The second kappa shape index (κ2) is 10.3. The molecule has 39 heavy (non-hydrogen) atoms. The number of halogens is 1. The molecule has 0 radical (unpaired) electrons. The van der Waals surface area contributed by atoms with E-state index in [1.54, 1.807) is 48.9 Å². The molecule has 5 heterocycles. The molecule has 0 saturated carbocycles. The standard InChI is InChI=1S/C28H24FN5O3S2/c1-18-4-2-10-33-24(18)30-25(32-13-11-31(12-14-32)20-8-6-19(29)7-9-20)22(26(33)35)16-23-27(36)34(28(38)39-23)17-21-5-3-15-37-21/h2-10,15-16H,11-14,17H2,1H3/b23-16+. The van der Waals surface area contributed by atoms with Crippen LogP contribution in [0.25, 0.3) is 11.7 Å². The Morgan fingerprint density at radius 2 is 1.79 bits per heavy atom. The zero-order chi connectivity index (χ0) is 27.1. The number of hydrogen-bond donors (Lipinski definition) is 0. The molecule has 198 valence electrons. The van der Waals surface area contributed by atoms with Crippen molar-refractivity contribution in [2.45, 2.75) is 13.5 Å². The Kier molecular flexibility index (Phi) is 6.69. The fraction of sp³-hybridized carbons (Fsp3) is 0.214. The van der Waals surface area contributed by atoms with Crippen molar-refractivity contribution in [3.8, 4) is 0 Å². The molecule has 1 amide bonds. The molecule has 0 N–H and O–H groups in total. The monoisotopic (exact) mass is 561 g/mol. The number of fused-ring (bicyclic) bond motifs is 1. The summed E-state index contributed by atoms with van der Waals surface area (Å²) in [7, 11) is 0. The molecule has 1 aromatic carbocycles. The normalized spacial score (nSPS) is 17.2. The van der Waals surface area contributed by atoms with Gasteiger partial charge in [0.2, 0.25) is 0 Å². The molecule has 0 aliphatic carbocycles. The number of nitrogens with zero attached hydrogens (tertiary/aromatic N) is 5. The molecule has 0 bridgehead atoms. The van der Waals surface area contributed by atoms with Crippen molar-refractivity contribution in [2.24, 2.45) is 0 Å². The first-order valence-electron chi connectivity index (χ1n) is 12.4. The van der Waals surface area contributed by atoms with Crippen molar-refractivity contribution < 1.29 is 13.6 Å². The molecule has 8 nitrogen and oxygen atoms in total. The summed E-state index contributed by atoms with van der Waals surface area (Å²) in [5, 5.41) is 0. The summed E-state index contributed by atoms with van der Waals surface area (Å²) in [6, 6.07) is 13.7. The van der Waals surface area contributed by atoms with Crippen LogP contribution in [0.15, 0.2) is 75.1 Å². The van der Waals surface area contributed by atoms with Gasteiger partial charge in [0, 0.05) is 38.1 Å². The first-order chi connectivity index (χ1) is 18.9. The second-order valence-corrected chi connectivity index (χ2v) is 11.0. The summed E-state index contributed by atoms with van der Waals surface area (Å²) in [4.78, 5) is 38.1. The lowest BCUT2D eigenvalue weighted by molar-refractivity contribution is -0.122. The molecular weight excluding hydrogens is 537 g/mol. The number of rotatable bonds is 5. The minimum atomic E-state index is -0.276. The Balaban J connectivity index is 1.36. The van der Waals surface area contributed by atoms with Gasteiger partial charge in [0.15, 0.2) is 0 Å². The van der Waals surface area contributed by atoms with Crippen LogP contribution in [0.1, 0.15) is 16.9 Å². The van der Waals surface area contributed by atoms with E-state index in [1.807, 2.05) is 13.0 Å². The summed E-state index contributed by atoms with van der Waals surface area (Å²) in [5.41, 5.74) is 2.47. The van der Waals surface area contributed by atoms with Gasteiger partial charge in [0.25, 0.3) is 11.5 Å². The third-order valence-corrected chi connectivity index (χ3v) is 8.26. The topological polar surface area (TPSA) is 74.3 Å². The Morgan fingerprint density at radius 1 is 1.05 bits per heavy atom. The number of thioether (sulfide) groups is 1. The number of anilines is 2. The van der Waals surface area contributed by atoms with E-state index in [1.165, 1.54) is 21.4 Å². The first kappa shape index (κ1) is 25.3. The molecule has 0 atom stereocenters. The number of carbonyl (C=O) groups excluding carboxylic acids is 1. The molecule has 6 rings (SSSR count). The summed E-state index contributed by atoms with van der Waals surface area (Å²) >= 11 is 6.65. The number of furan rings is 1. The van der Waals surface area contributed by atoms with Crippen LogP contribution in [-0.4, -0.2) is 50.7 Å². The van der Waals surface area contributed by atoms with Gasteiger partial charge in [-0.3, -0.25) is 18.9 Å². The number of aryl methyl sites for hydroxylation is 1. The Hall–Kier alpha value is -3.96. The van der Waals surface area contributed by atoms with Crippen LogP contribution in [0.2, 0.25) is 0 Å². The zero-order valence-corrected chi connectivity index (χ0v) is 22.7. The van der Waals surface area contributed by atoms with Gasteiger partial charge in [0.05, 0.1) is 23.3 Å². The van der Waals surface area contributed by atoms with E-state index in [0.717, 1.165) is 23.0 Å². The molecule has 2 fully saturated rings. The molecule has 0 unspecified atom stereocenters. The predicted octanol–water partition coefficient (Wildman–Crippen LogP) is 4.46. The van der Waals surface area contributed by atoms with Gasteiger partial charge in [-0.2, -0.15) is 0 Å². The van der Waals surface area contributed by atoms with Crippen LogP contribution in [0.5, 0.6) is 0 Å². The molecule has 3 aromatic heterocycles. The number of benzene rings is 1. The van der Waals surface area contributed by atoms with Crippen LogP contribution in [0.4, 0.5) is 15.9 Å². The predicted molar refractivity (Wildman–Crippen MR) is 154 cm³/mol. The Labute approximate surface area is 233 Å². The molecular formula is C28H24FN5O3S2. The van der Waals surface area contributed by atoms with Crippen molar-refractivity contribution in [1.29, 1.82) is 0 Å². The first-order valence-corrected chi connectivity index (χ1v) is 13.7. The van der Waals surface area contributed by atoms with Crippen LogP contribution in [0, 0.1) is 12.7 Å². The lowest BCUT2D eigenvalue weighted by atomic mass is 10.2. The highest BCUT2D eigenvalue weighted by molar-refractivity contribution is 8.26. The molecule has 2 saturated heterocycles. The highest BCUT2D eigenvalue weighted by Gasteiger charge is 2.34. The molecule has 0 spiro atoms. The van der Waals surface area contributed by atoms with E-state index in [2.05, 4.69) is 9.80 Å². The maximum Gasteiger partial charge on any atom is 0.267 e. The van der Waals surface area contributed by atoms with E-state index in [4.69, 9.17) is 21.6 Å². The maximum atomic E-state index is 13.8. The van der Waals surface area contributed by atoms with Gasteiger partial charge in [0.1, 0.15) is 27.4 Å². The average Bonchev–Trinajstić information content (AvgIpc) is 3.55. The van der Waals surface area contributed by atoms with Crippen molar-refractivity contribution in [2.75, 3.05) is 36.0 Å². The zero-order valence-electron chi connectivity index (χ0n) is 21.0. The Bertz CT molecular complexity index is 1660. The number of aromatic nitrogens is 2. The summed E-state index contributed by atoms with van der Waals surface area (Å²) < 4.78 is 20.7. The fourth-order valence-corrected chi connectivity index (χ4v) is 6.06. The summed E-state index contributed by atoms with van der Waals surface area (Å²) in [5.74, 6) is 0.606. The van der Waals surface area contributed by atoms with Crippen molar-refractivity contribution in [3.05, 3.63) is 99.0 Å². The summed E-state index contributed by atoms with van der Waals surface area (Å²) in [6.45, 7) is 4.69. The van der Waals surface area contributed by atoms with E-state index < -0.39 is 0 Å². The largest absolute Gasteiger partial charge is 0.467 e. The molecule has 11 heteroatoms. The number of thiocarbonyl (C=S) groups is 1. The van der Waals surface area contributed by atoms with Gasteiger partial charge in [-0.1, -0.05) is 30.0 Å². The number of hydrogen-bond acceptors (Lipinski definition) is 8. The van der Waals surface area contributed by atoms with Gasteiger partial charge in [-0.15, -0.1) is 0 Å². The fourth-order valence-electron chi connectivity index (χ4n) is 4.82. The van der Waals surface area contributed by atoms with Crippen LogP contribution in [0.3, 0.4) is 0 Å². The SMILES string of the molecule is Cc1cccn2c(=O)c(/C=C3/SC(=S)N(Cc4ccco4)C3=O)c(N3CCN(c4ccc(F)cc4)CC3)nc12. The highest BCUT2D eigenvalue weighted by Crippen LogP contribution is 2.35. The van der Waals surface area contributed by atoms with E-state index in [-0.39, 0.29) is 23.8 Å². The number of amides is 1. The average molecular weight is 562 g/mol. The smallest absolute Gasteiger partial charge is 0.267 e. The highest BCUT2D eigenvalue weighted by atomic mass is 32.2. The van der Waals surface area contributed by atoms with Crippen LogP contribution >= 0.6 is 24.0 Å². The third-order valence-electron chi connectivity index (χ3n) is 6.88. The van der Waals surface area contributed by atoms with E-state index in [9.17, 15) is 14.0 Å². The quantitative estimate of drug-likeness (QED) is 0.261. The molecule has 4 aromatic rings. The molecule has 2 aliphatic heterocycles. The molecule has 2 aliphatic rings. The van der Waals surface area contributed by atoms with Gasteiger partial charge in [-0.05, 0) is 61.0 Å². The van der Waals surface area contributed by atoms with Crippen molar-refractivity contribution >= 4 is 57.4 Å². The number of pyridine rings is 1. The van der Waals surface area contributed by atoms with Crippen molar-refractivity contribution in [1.82, 2.24) is 14.3 Å². The summed E-state index contributed by atoms with van der Waals surface area (Å²) in [6.07, 6.45) is 4.86. The van der Waals surface area contributed by atoms with Gasteiger partial charge < -0.3 is 14.2 Å². The van der Waals surface area contributed by atoms with E-state index in [0.29, 0.717) is 58.2 Å². The Morgan fingerprint density at radius 3 is 2.51 bits per heavy atom. The second-order valence-electron chi connectivity index (χ2n) is 9.34. The van der Waals surface area contributed by atoms with Gasteiger partial charge >= 0.3 is 0 Å².